The van der Waals surface area contributed by atoms with E-state index in [4.69, 9.17) is 4.74 Å². The fraction of sp³-hybridized carbons (Fsp3) is 0.357. The van der Waals surface area contributed by atoms with Gasteiger partial charge in [0, 0.05) is 19.2 Å². The van der Waals surface area contributed by atoms with Gasteiger partial charge in [-0.2, -0.15) is 5.10 Å². The largest absolute Gasteiger partial charge is 0.453 e. The lowest BCUT2D eigenvalue weighted by atomic mass is 10.2. The van der Waals surface area contributed by atoms with Crippen LogP contribution in [-0.2, 0) is 13.6 Å². The van der Waals surface area contributed by atoms with Crippen LogP contribution in [0.4, 0.5) is 4.39 Å². The van der Waals surface area contributed by atoms with Crippen LogP contribution in [0.3, 0.4) is 0 Å². The molecular formula is C14H18FN3O. The Hall–Kier alpha value is -1.88. The van der Waals surface area contributed by atoms with Gasteiger partial charge in [-0.05, 0) is 33.0 Å². The summed E-state index contributed by atoms with van der Waals surface area (Å²) in [5.74, 6) is 0.935. The van der Waals surface area contributed by atoms with Gasteiger partial charge in [-0.25, -0.2) is 4.39 Å². The normalized spacial score (nSPS) is 10.8. The van der Waals surface area contributed by atoms with Crippen LogP contribution in [0, 0.1) is 19.7 Å². The highest BCUT2D eigenvalue weighted by Crippen LogP contribution is 2.31. The molecule has 0 amide bonds. The third kappa shape index (κ3) is 2.61. The lowest BCUT2D eigenvalue weighted by Crippen LogP contribution is -2.08. The van der Waals surface area contributed by atoms with Crippen molar-refractivity contribution in [3.05, 3.63) is 41.0 Å². The zero-order valence-electron chi connectivity index (χ0n) is 11.6. The second-order valence-corrected chi connectivity index (χ2v) is 4.47. The predicted octanol–water partition coefficient (Wildman–Crippen LogP) is 2.69. The number of benzene rings is 1. The molecule has 0 aliphatic heterocycles. The quantitative estimate of drug-likeness (QED) is 0.921. The van der Waals surface area contributed by atoms with E-state index in [9.17, 15) is 4.39 Å². The highest BCUT2D eigenvalue weighted by atomic mass is 19.1. The van der Waals surface area contributed by atoms with Crippen molar-refractivity contribution in [1.29, 1.82) is 0 Å². The number of nitrogens with zero attached hydrogens (tertiary/aromatic N) is 2. The molecule has 0 bridgehead atoms. The van der Waals surface area contributed by atoms with Crippen molar-refractivity contribution in [2.45, 2.75) is 20.4 Å². The lowest BCUT2D eigenvalue weighted by Gasteiger charge is -2.12. The molecule has 0 fully saturated rings. The highest BCUT2D eigenvalue weighted by molar-refractivity contribution is 5.41. The van der Waals surface area contributed by atoms with Gasteiger partial charge in [0.05, 0.1) is 5.69 Å². The molecule has 2 rings (SSSR count). The first-order chi connectivity index (χ1) is 9.04. The summed E-state index contributed by atoms with van der Waals surface area (Å²) in [6, 6.07) is 4.84. The molecule has 1 heterocycles. The molecule has 5 heteroatoms. The molecule has 0 spiro atoms. The Morgan fingerprint density at radius 1 is 1.37 bits per heavy atom. The van der Waals surface area contributed by atoms with Crippen molar-refractivity contribution in [2.24, 2.45) is 7.05 Å². The molecule has 19 heavy (non-hydrogen) atoms. The standard InChI is InChI=1S/C14H18FN3O/c1-9-14(10(2)18(4)17-9)19-13-7-5-6-12(15)11(13)8-16-3/h5-7,16H,8H2,1-4H3. The van der Waals surface area contributed by atoms with Crippen molar-refractivity contribution in [3.63, 3.8) is 0 Å². The van der Waals surface area contributed by atoms with Gasteiger partial charge < -0.3 is 10.1 Å². The van der Waals surface area contributed by atoms with Crippen LogP contribution in [0.1, 0.15) is 17.0 Å². The first kappa shape index (κ1) is 13.5. The van der Waals surface area contributed by atoms with Crippen LogP contribution in [0.25, 0.3) is 0 Å². The third-order valence-electron chi connectivity index (χ3n) is 3.08. The summed E-state index contributed by atoms with van der Waals surface area (Å²) < 4.78 is 21.4. The molecule has 0 aliphatic carbocycles. The van der Waals surface area contributed by atoms with E-state index in [-0.39, 0.29) is 5.82 Å². The van der Waals surface area contributed by atoms with Crippen LogP contribution in [0.2, 0.25) is 0 Å². The van der Waals surface area contributed by atoms with Crippen molar-refractivity contribution < 1.29 is 9.13 Å². The van der Waals surface area contributed by atoms with Gasteiger partial charge in [-0.3, -0.25) is 4.68 Å². The summed E-state index contributed by atoms with van der Waals surface area (Å²) in [5, 5.41) is 7.23. The van der Waals surface area contributed by atoms with Crippen molar-refractivity contribution in [2.75, 3.05) is 7.05 Å². The Morgan fingerprint density at radius 2 is 2.11 bits per heavy atom. The molecule has 1 N–H and O–H groups in total. The van der Waals surface area contributed by atoms with Crippen LogP contribution in [0.5, 0.6) is 11.5 Å². The summed E-state index contributed by atoms with van der Waals surface area (Å²) in [7, 11) is 3.63. The summed E-state index contributed by atoms with van der Waals surface area (Å²) in [6.07, 6.45) is 0. The maximum absolute atomic E-state index is 13.8. The molecule has 0 atom stereocenters. The Balaban J connectivity index is 2.40. The minimum absolute atomic E-state index is 0.272. The van der Waals surface area contributed by atoms with E-state index >= 15 is 0 Å². The number of aromatic nitrogens is 2. The zero-order valence-corrected chi connectivity index (χ0v) is 11.6. The van der Waals surface area contributed by atoms with Crippen molar-refractivity contribution >= 4 is 0 Å². The zero-order chi connectivity index (χ0) is 14.0. The Kier molecular flexibility index (Phi) is 3.85. The molecule has 1 aromatic carbocycles. The van der Waals surface area contributed by atoms with E-state index in [1.165, 1.54) is 6.07 Å². The van der Waals surface area contributed by atoms with Gasteiger partial charge in [-0.1, -0.05) is 6.07 Å². The number of nitrogens with one attached hydrogen (secondary N) is 1. The van der Waals surface area contributed by atoms with Gasteiger partial charge in [0.25, 0.3) is 0 Å². The van der Waals surface area contributed by atoms with E-state index in [1.807, 2.05) is 20.9 Å². The second kappa shape index (κ2) is 5.40. The lowest BCUT2D eigenvalue weighted by molar-refractivity contribution is 0.457. The molecule has 0 aliphatic rings. The molecule has 0 saturated carbocycles. The molecule has 0 saturated heterocycles. The molecule has 0 radical (unpaired) electrons. The second-order valence-electron chi connectivity index (χ2n) is 4.47. The van der Waals surface area contributed by atoms with Gasteiger partial charge >= 0.3 is 0 Å². The maximum atomic E-state index is 13.8. The first-order valence-electron chi connectivity index (χ1n) is 6.14. The SMILES string of the molecule is CNCc1c(F)cccc1Oc1c(C)nn(C)c1C. The van der Waals surface area contributed by atoms with Crippen LogP contribution in [0.15, 0.2) is 18.2 Å². The topological polar surface area (TPSA) is 39.1 Å². The van der Waals surface area contributed by atoms with Crippen LogP contribution in [-0.4, -0.2) is 16.8 Å². The first-order valence-corrected chi connectivity index (χ1v) is 6.14. The fourth-order valence-electron chi connectivity index (χ4n) is 1.99. The van der Waals surface area contributed by atoms with Gasteiger partial charge in [0.2, 0.25) is 0 Å². The van der Waals surface area contributed by atoms with Crippen molar-refractivity contribution in [3.8, 4) is 11.5 Å². The van der Waals surface area contributed by atoms with Gasteiger partial charge in [-0.15, -0.1) is 0 Å². The fourth-order valence-corrected chi connectivity index (χ4v) is 1.99. The summed E-state index contributed by atoms with van der Waals surface area (Å²) in [5.41, 5.74) is 2.23. The summed E-state index contributed by atoms with van der Waals surface area (Å²) in [6.45, 7) is 4.21. The molecule has 102 valence electrons. The Morgan fingerprint density at radius 3 is 2.68 bits per heavy atom. The van der Waals surface area contributed by atoms with E-state index < -0.39 is 0 Å². The van der Waals surface area contributed by atoms with Crippen molar-refractivity contribution in [1.82, 2.24) is 15.1 Å². The number of hydrogen-bond acceptors (Lipinski definition) is 3. The molecule has 4 nitrogen and oxygen atoms in total. The average molecular weight is 263 g/mol. The molecule has 0 unspecified atom stereocenters. The smallest absolute Gasteiger partial charge is 0.171 e. The monoisotopic (exact) mass is 263 g/mol. The average Bonchev–Trinajstić information content (AvgIpc) is 2.60. The van der Waals surface area contributed by atoms with Crippen LogP contribution >= 0.6 is 0 Å². The van der Waals surface area contributed by atoms with Gasteiger partial charge in [0.1, 0.15) is 17.3 Å². The summed E-state index contributed by atoms with van der Waals surface area (Å²) in [4.78, 5) is 0. The predicted molar refractivity (Wildman–Crippen MR) is 71.9 cm³/mol. The molecule has 2 aromatic rings. The maximum Gasteiger partial charge on any atom is 0.171 e. The number of halogens is 1. The van der Waals surface area contributed by atoms with E-state index in [0.29, 0.717) is 23.6 Å². The van der Waals surface area contributed by atoms with Gasteiger partial charge in [0.15, 0.2) is 5.75 Å². The van der Waals surface area contributed by atoms with E-state index in [2.05, 4.69) is 10.4 Å². The summed E-state index contributed by atoms with van der Waals surface area (Å²) >= 11 is 0. The van der Waals surface area contributed by atoms with E-state index in [0.717, 1.165) is 11.4 Å². The number of aryl methyl sites for hydroxylation is 2. The minimum Gasteiger partial charge on any atom is -0.453 e. The van der Waals surface area contributed by atoms with Crippen LogP contribution < -0.4 is 10.1 Å². The highest BCUT2D eigenvalue weighted by Gasteiger charge is 2.15. The Bertz CT molecular complexity index is 593. The van der Waals surface area contributed by atoms with E-state index in [1.54, 1.807) is 23.9 Å². The number of rotatable bonds is 4. The minimum atomic E-state index is -0.272. The number of hydrogen-bond donors (Lipinski definition) is 1. The third-order valence-corrected chi connectivity index (χ3v) is 3.08. The number of ether oxygens (including phenoxy) is 1. The molecular weight excluding hydrogens is 245 g/mol. The Labute approximate surface area is 112 Å². The molecule has 1 aromatic heterocycles.